The van der Waals surface area contributed by atoms with Crippen LogP contribution in [0.2, 0.25) is 5.02 Å². The summed E-state index contributed by atoms with van der Waals surface area (Å²) in [6.07, 6.45) is 5.04. The van der Waals surface area contributed by atoms with Crippen LogP contribution < -0.4 is 5.32 Å². The first kappa shape index (κ1) is 21.0. The number of carbonyl (C=O) groups is 2. The molecule has 6 heteroatoms. The third-order valence-electron chi connectivity index (χ3n) is 5.75. The Morgan fingerprint density at radius 3 is 2.39 bits per heavy atom. The maximum Gasteiger partial charge on any atom is 0.410 e. The Balaban J connectivity index is 1.61. The summed E-state index contributed by atoms with van der Waals surface area (Å²) in [6.45, 7) is 6.81. The SMILES string of the molecule is CC(C)(C)OC(=O)N1CCC(NC(=O)C2(c3cccc(Cl)c3)CCCC2)CC1. The van der Waals surface area contributed by atoms with E-state index in [1.54, 1.807) is 4.90 Å². The summed E-state index contributed by atoms with van der Waals surface area (Å²) < 4.78 is 5.45. The van der Waals surface area contributed by atoms with E-state index < -0.39 is 11.0 Å². The number of hydrogen-bond acceptors (Lipinski definition) is 3. The zero-order valence-corrected chi connectivity index (χ0v) is 17.8. The fraction of sp³-hybridized carbons (Fsp3) is 0.636. The lowest BCUT2D eigenvalue weighted by Crippen LogP contribution is -2.51. The molecule has 28 heavy (non-hydrogen) atoms. The van der Waals surface area contributed by atoms with E-state index in [2.05, 4.69) is 5.32 Å². The molecule has 1 saturated carbocycles. The van der Waals surface area contributed by atoms with E-state index in [9.17, 15) is 9.59 Å². The van der Waals surface area contributed by atoms with Gasteiger partial charge >= 0.3 is 6.09 Å². The monoisotopic (exact) mass is 406 g/mol. The number of rotatable bonds is 3. The van der Waals surface area contributed by atoms with Gasteiger partial charge in [-0.3, -0.25) is 4.79 Å². The fourth-order valence-electron chi connectivity index (χ4n) is 4.27. The summed E-state index contributed by atoms with van der Waals surface area (Å²) in [4.78, 5) is 27.2. The van der Waals surface area contributed by atoms with Crippen LogP contribution in [0.1, 0.15) is 64.9 Å². The molecule has 3 rings (SSSR count). The van der Waals surface area contributed by atoms with Crippen LogP contribution in [0.5, 0.6) is 0 Å². The highest BCUT2D eigenvalue weighted by Crippen LogP contribution is 2.42. The molecule has 1 heterocycles. The minimum atomic E-state index is -0.492. The molecule has 0 bridgehead atoms. The first-order valence-electron chi connectivity index (χ1n) is 10.2. The van der Waals surface area contributed by atoms with Gasteiger partial charge in [-0.25, -0.2) is 4.79 Å². The van der Waals surface area contributed by atoms with Crippen LogP contribution in [0, 0.1) is 0 Å². The molecule has 5 nitrogen and oxygen atoms in total. The van der Waals surface area contributed by atoms with Crippen molar-refractivity contribution in [2.75, 3.05) is 13.1 Å². The molecule has 0 aromatic heterocycles. The summed E-state index contributed by atoms with van der Waals surface area (Å²) >= 11 is 6.19. The van der Waals surface area contributed by atoms with Crippen LogP contribution in [0.25, 0.3) is 0 Å². The van der Waals surface area contributed by atoms with Crippen LogP contribution >= 0.6 is 11.6 Å². The van der Waals surface area contributed by atoms with Gasteiger partial charge < -0.3 is 15.0 Å². The number of likely N-dealkylation sites (tertiary alicyclic amines) is 1. The van der Waals surface area contributed by atoms with Crippen molar-refractivity contribution in [1.29, 1.82) is 0 Å². The van der Waals surface area contributed by atoms with Gasteiger partial charge in [-0.05, 0) is 64.2 Å². The number of piperidine rings is 1. The molecule has 0 radical (unpaired) electrons. The van der Waals surface area contributed by atoms with Gasteiger partial charge in [-0.1, -0.05) is 36.6 Å². The van der Waals surface area contributed by atoms with Gasteiger partial charge in [0.05, 0.1) is 5.41 Å². The number of carbonyl (C=O) groups excluding carboxylic acids is 2. The van der Waals surface area contributed by atoms with Crippen molar-refractivity contribution in [3.63, 3.8) is 0 Å². The smallest absolute Gasteiger partial charge is 0.410 e. The Morgan fingerprint density at radius 2 is 1.82 bits per heavy atom. The Bertz CT molecular complexity index is 715. The predicted molar refractivity (Wildman–Crippen MR) is 111 cm³/mol. The van der Waals surface area contributed by atoms with E-state index in [4.69, 9.17) is 16.3 Å². The summed E-state index contributed by atoms with van der Waals surface area (Å²) in [5.41, 5.74) is 0.0439. The minimum Gasteiger partial charge on any atom is -0.444 e. The minimum absolute atomic E-state index is 0.0860. The molecule has 1 aliphatic carbocycles. The van der Waals surface area contributed by atoms with Crippen LogP contribution in [0.15, 0.2) is 24.3 Å². The second-order valence-corrected chi connectivity index (χ2v) is 9.45. The maximum atomic E-state index is 13.3. The van der Waals surface area contributed by atoms with Crippen molar-refractivity contribution in [2.24, 2.45) is 0 Å². The van der Waals surface area contributed by atoms with Crippen molar-refractivity contribution in [3.05, 3.63) is 34.9 Å². The number of nitrogens with zero attached hydrogens (tertiary/aromatic N) is 1. The second kappa shape index (κ2) is 8.32. The maximum absolute atomic E-state index is 13.3. The number of ether oxygens (including phenoxy) is 1. The highest BCUT2D eigenvalue weighted by molar-refractivity contribution is 6.30. The van der Waals surface area contributed by atoms with E-state index in [0.717, 1.165) is 44.1 Å². The van der Waals surface area contributed by atoms with Crippen molar-refractivity contribution in [3.8, 4) is 0 Å². The highest BCUT2D eigenvalue weighted by atomic mass is 35.5. The largest absolute Gasteiger partial charge is 0.444 e. The number of hydrogen-bond donors (Lipinski definition) is 1. The van der Waals surface area contributed by atoms with Crippen LogP contribution in [-0.4, -0.2) is 41.6 Å². The Kier molecular flexibility index (Phi) is 6.23. The van der Waals surface area contributed by atoms with Crippen LogP contribution in [0.3, 0.4) is 0 Å². The van der Waals surface area contributed by atoms with E-state index in [1.807, 2.05) is 45.0 Å². The Labute approximate surface area is 172 Å². The van der Waals surface area contributed by atoms with E-state index in [1.165, 1.54) is 0 Å². The first-order valence-corrected chi connectivity index (χ1v) is 10.6. The summed E-state index contributed by atoms with van der Waals surface area (Å²) in [5.74, 6) is 0.1000. The summed E-state index contributed by atoms with van der Waals surface area (Å²) in [6, 6.07) is 7.80. The van der Waals surface area contributed by atoms with Gasteiger partial charge in [-0.15, -0.1) is 0 Å². The topological polar surface area (TPSA) is 58.6 Å². The number of benzene rings is 1. The van der Waals surface area contributed by atoms with Gasteiger partial charge in [0.25, 0.3) is 0 Å². The van der Waals surface area contributed by atoms with Gasteiger partial charge in [-0.2, -0.15) is 0 Å². The quantitative estimate of drug-likeness (QED) is 0.793. The molecule has 2 amide bonds. The van der Waals surface area contributed by atoms with Gasteiger partial charge in [0.2, 0.25) is 5.91 Å². The predicted octanol–water partition coefficient (Wildman–Crippen LogP) is 4.67. The molecule has 0 atom stereocenters. The lowest BCUT2D eigenvalue weighted by Gasteiger charge is -2.36. The lowest BCUT2D eigenvalue weighted by molar-refractivity contribution is -0.127. The van der Waals surface area contributed by atoms with Crippen LogP contribution in [0.4, 0.5) is 4.79 Å². The zero-order chi connectivity index (χ0) is 20.4. The molecule has 0 unspecified atom stereocenters. The standard InChI is InChI=1S/C22H31ClN2O3/c1-21(2,3)28-20(27)25-13-9-18(10-14-25)24-19(26)22(11-4-5-12-22)16-7-6-8-17(23)15-16/h6-8,15,18H,4-5,9-14H2,1-3H3,(H,24,26). The molecule has 1 N–H and O–H groups in total. The van der Waals surface area contributed by atoms with Gasteiger partial charge in [0.15, 0.2) is 0 Å². The molecule has 1 aromatic rings. The molecule has 154 valence electrons. The normalized spacial score (nSPS) is 20.1. The average Bonchev–Trinajstić information content (AvgIpc) is 3.12. The molecular formula is C22H31ClN2O3. The number of nitrogens with one attached hydrogen (secondary N) is 1. The van der Waals surface area contributed by atoms with E-state index >= 15 is 0 Å². The molecule has 2 fully saturated rings. The van der Waals surface area contributed by atoms with Gasteiger partial charge in [0, 0.05) is 24.2 Å². The lowest BCUT2D eigenvalue weighted by atomic mass is 9.77. The first-order chi connectivity index (χ1) is 13.2. The van der Waals surface area contributed by atoms with Crippen molar-refractivity contribution in [1.82, 2.24) is 10.2 Å². The van der Waals surface area contributed by atoms with Gasteiger partial charge in [0.1, 0.15) is 5.60 Å². The van der Waals surface area contributed by atoms with E-state index in [0.29, 0.717) is 18.1 Å². The number of amides is 2. The Morgan fingerprint density at radius 1 is 1.18 bits per heavy atom. The second-order valence-electron chi connectivity index (χ2n) is 9.01. The fourth-order valence-corrected chi connectivity index (χ4v) is 4.46. The summed E-state index contributed by atoms with van der Waals surface area (Å²) in [5, 5.41) is 3.94. The van der Waals surface area contributed by atoms with Crippen molar-refractivity contribution >= 4 is 23.6 Å². The van der Waals surface area contributed by atoms with E-state index in [-0.39, 0.29) is 18.0 Å². The Hall–Kier alpha value is -1.75. The molecule has 0 spiro atoms. The summed E-state index contributed by atoms with van der Waals surface area (Å²) in [7, 11) is 0. The third-order valence-corrected chi connectivity index (χ3v) is 5.99. The zero-order valence-electron chi connectivity index (χ0n) is 17.1. The molecule has 1 saturated heterocycles. The third kappa shape index (κ3) is 4.80. The molecule has 2 aliphatic rings. The number of halogens is 1. The highest BCUT2D eigenvalue weighted by Gasteiger charge is 2.43. The van der Waals surface area contributed by atoms with Crippen molar-refractivity contribution in [2.45, 2.75) is 76.4 Å². The average molecular weight is 407 g/mol. The molecular weight excluding hydrogens is 376 g/mol. The van der Waals surface area contributed by atoms with Crippen molar-refractivity contribution < 1.29 is 14.3 Å². The molecule has 1 aromatic carbocycles. The van der Waals surface area contributed by atoms with Crippen LogP contribution in [-0.2, 0) is 14.9 Å². The molecule has 1 aliphatic heterocycles.